The lowest BCUT2D eigenvalue weighted by molar-refractivity contribution is 0.0701. The number of hydrogen-bond donors (Lipinski definition) is 1. The molecule has 0 radical (unpaired) electrons. The minimum atomic E-state index is -1.01. The zero-order valence-electron chi connectivity index (χ0n) is 9.51. The van der Waals surface area contributed by atoms with Gasteiger partial charge in [-0.05, 0) is 17.7 Å². The average Bonchev–Trinajstić information content (AvgIpc) is 2.77. The molecular weight excluding hydrogens is 257 g/mol. The molecule has 2 aromatic rings. The van der Waals surface area contributed by atoms with Crippen molar-refractivity contribution in [2.24, 2.45) is 0 Å². The maximum Gasteiger partial charge on any atom is 0.347 e. The number of benzene rings is 1. The van der Waals surface area contributed by atoms with Crippen molar-refractivity contribution in [1.29, 1.82) is 0 Å². The SMILES string of the molecule is COc1ccc(Cc2ncsc2C(=O)O)cc1F. The van der Waals surface area contributed by atoms with Crippen molar-refractivity contribution < 1.29 is 19.0 Å². The van der Waals surface area contributed by atoms with Crippen molar-refractivity contribution in [2.45, 2.75) is 6.42 Å². The van der Waals surface area contributed by atoms with Gasteiger partial charge in [0.15, 0.2) is 11.6 Å². The molecule has 1 N–H and O–H groups in total. The van der Waals surface area contributed by atoms with E-state index < -0.39 is 11.8 Å². The van der Waals surface area contributed by atoms with Crippen LogP contribution in [0.4, 0.5) is 4.39 Å². The summed E-state index contributed by atoms with van der Waals surface area (Å²) in [5.74, 6) is -1.32. The van der Waals surface area contributed by atoms with Crippen molar-refractivity contribution in [3.63, 3.8) is 0 Å². The Labute approximate surface area is 107 Å². The Balaban J connectivity index is 2.26. The number of carbonyl (C=O) groups is 1. The average molecular weight is 267 g/mol. The van der Waals surface area contributed by atoms with Gasteiger partial charge in [-0.1, -0.05) is 6.07 Å². The molecule has 94 valence electrons. The molecule has 1 heterocycles. The number of ether oxygens (including phenoxy) is 1. The predicted octanol–water partition coefficient (Wildman–Crippen LogP) is 2.58. The monoisotopic (exact) mass is 267 g/mol. The standard InChI is InChI=1S/C12H10FNO3S/c1-17-10-3-2-7(4-8(10)13)5-9-11(12(15)16)18-6-14-9/h2-4,6H,5H2,1H3,(H,15,16). The summed E-state index contributed by atoms with van der Waals surface area (Å²) in [6.07, 6.45) is 0.284. The third-order valence-corrected chi connectivity index (χ3v) is 3.28. The molecule has 0 amide bonds. The van der Waals surface area contributed by atoms with E-state index in [1.165, 1.54) is 24.8 Å². The molecule has 0 spiro atoms. The summed E-state index contributed by atoms with van der Waals surface area (Å²) in [6.45, 7) is 0. The second-order valence-electron chi connectivity index (χ2n) is 3.58. The van der Waals surface area contributed by atoms with Crippen LogP contribution in [0.25, 0.3) is 0 Å². The van der Waals surface area contributed by atoms with E-state index >= 15 is 0 Å². The number of halogens is 1. The minimum absolute atomic E-state index is 0.162. The van der Waals surface area contributed by atoms with Crippen LogP contribution in [0.5, 0.6) is 5.75 Å². The third kappa shape index (κ3) is 2.48. The zero-order chi connectivity index (χ0) is 13.1. The van der Waals surface area contributed by atoms with Gasteiger partial charge in [0.1, 0.15) is 4.88 Å². The van der Waals surface area contributed by atoms with Crippen molar-refractivity contribution in [3.05, 3.63) is 45.7 Å². The van der Waals surface area contributed by atoms with Crippen molar-refractivity contribution in [1.82, 2.24) is 4.98 Å². The molecule has 1 aromatic heterocycles. The fourth-order valence-electron chi connectivity index (χ4n) is 1.58. The first-order chi connectivity index (χ1) is 8.61. The van der Waals surface area contributed by atoms with E-state index in [1.807, 2.05) is 0 Å². The highest BCUT2D eigenvalue weighted by Crippen LogP contribution is 2.21. The molecule has 0 fully saturated rings. The molecule has 1 aromatic carbocycles. The molecule has 0 aliphatic carbocycles. The Hall–Kier alpha value is -1.95. The molecule has 0 saturated heterocycles. The second-order valence-corrected chi connectivity index (χ2v) is 4.43. The van der Waals surface area contributed by atoms with Gasteiger partial charge in [-0.2, -0.15) is 0 Å². The quantitative estimate of drug-likeness (QED) is 0.925. The van der Waals surface area contributed by atoms with Crippen LogP contribution in [0.3, 0.4) is 0 Å². The first kappa shape index (κ1) is 12.5. The van der Waals surface area contributed by atoms with E-state index in [-0.39, 0.29) is 17.0 Å². The predicted molar refractivity (Wildman–Crippen MR) is 64.8 cm³/mol. The molecular formula is C12H10FNO3S. The number of aromatic carboxylic acids is 1. The topological polar surface area (TPSA) is 59.4 Å². The Morgan fingerprint density at radius 1 is 1.56 bits per heavy atom. The van der Waals surface area contributed by atoms with Gasteiger partial charge in [0, 0.05) is 6.42 Å². The van der Waals surface area contributed by atoms with E-state index in [9.17, 15) is 9.18 Å². The third-order valence-electron chi connectivity index (χ3n) is 2.42. The molecule has 4 nitrogen and oxygen atoms in total. The van der Waals surface area contributed by atoms with Crippen LogP contribution in [0.1, 0.15) is 20.9 Å². The van der Waals surface area contributed by atoms with Gasteiger partial charge < -0.3 is 9.84 Å². The summed E-state index contributed by atoms with van der Waals surface area (Å²) in [5.41, 5.74) is 2.57. The van der Waals surface area contributed by atoms with Gasteiger partial charge in [0.25, 0.3) is 0 Å². The summed E-state index contributed by atoms with van der Waals surface area (Å²) in [6, 6.07) is 4.52. The normalized spacial score (nSPS) is 10.3. The molecule has 0 bridgehead atoms. The van der Waals surface area contributed by atoms with Crippen LogP contribution in [0.2, 0.25) is 0 Å². The van der Waals surface area contributed by atoms with E-state index in [1.54, 1.807) is 6.07 Å². The van der Waals surface area contributed by atoms with Crippen molar-refractivity contribution in [3.8, 4) is 5.75 Å². The van der Waals surface area contributed by atoms with Crippen molar-refractivity contribution in [2.75, 3.05) is 7.11 Å². The number of thiazole rings is 1. The molecule has 0 aliphatic heterocycles. The highest BCUT2D eigenvalue weighted by molar-refractivity contribution is 7.11. The fraction of sp³-hybridized carbons (Fsp3) is 0.167. The van der Waals surface area contributed by atoms with Gasteiger partial charge >= 0.3 is 5.97 Å². The molecule has 18 heavy (non-hydrogen) atoms. The Morgan fingerprint density at radius 3 is 2.94 bits per heavy atom. The summed E-state index contributed by atoms with van der Waals surface area (Å²) in [5, 5.41) is 8.95. The Bertz CT molecular complexity index is 582. The first-order valence-electron chi connectivity index (χ1n) is 5.10. The lowest BCUT2D eigenvalue weighted by atomic mass is 10.1. The molecule has 2 rings (SSSR count). The number of carboxylic acid groups (broad SMARTS) is 1. The Morgan fingerprint density at radius 2 is 2.33 bits per heavy atom. The number of aromatic nitrogens is 1. The first-order valence-corrected chi connectivity index (χ1v) is 5.98. The molecule has 0 aliphatic rings. The molecule has 0 saturated carbocycles. The highest BCUT2D eigenvalue weighted by atomic mass is 32.1. The number of carboxylic acids is 1. The van der Waals surface area contributed by atoms with Crippen LogP contribution >= 0.6 is 11.3 Å². The number of hydrogen-bond acceptors (Lipinski definition) is 4. The maximum absolute atomic E-state index is 13.5. The lowest BCUT2D eigenvalue weighted by Gasteiger charge is -2.04. The molecule has 6 heteroatoms. The van der Waals surface area contributed by atoms with E-state index in [2.05, 4.69) is 4.98 Å². The number of methoxy groups -OCH3 is 1. The van der Waals surface area contributed by atoms with Crippen molar-refractivity contribution >= 4 is 17.3 Å². The number of nitrogens with zero attached hydrogens (tertiary/aromatic N) is 1. The largest absolute Gasteiger partial charge is 0.494 e. The van der Waals surface area contributed by atoms with Gasteiger partial charge in [0.05, 0.1) is 18.3 Å². The highest BCUT2D eigenvalue weighted by Gasteiger charge is 2.14. The second kappa shape index (κ2) is 5.14. The van der Waals surface area contributed by atoms with E-state index in [0.717, 1.165) is 11.3 Å². The summed E-state index contributed by atoms with van der Waals surface area (Å²) in [4.78, 5) is 15.1. The number of rotatable bonds is 4. The summed E-state index contributed by atoms with van der Waals surface area (Å²) in [7, 11) is 1.39. The van der Waals surface area contributed by atoms with Crippen LogP contribution in [0.15, 0.2) is 23.7 Å². The Kier molecular flexibility index (Phi) is 3.57. The van der Waals surface area contributed by atoms with Gasteiger partial charge in [-0.25, -0.2) is 14.2 Å². The van der Waals surface area contributed by atoms with Crippen LogP contribution < -0.4 is 4.74 Å². The fourth-order valence-corrected chi connectivity index (χ4v) is 2.23. The van der Waals surface area contributed by atoms with Gasteiger partial charge in [0.2, 0.25) is 0 Å². The van der Waals surface area contributed by atoms with Gasteiger partial charge in [-0.3, -0.25) is 0 Å². The lowest BCUT2D eigenvalue weighted by Crippen LogP contribution is -2.00. The molecule has 0 atom stereocenters. The summed E-state index contributed by atoms with van der Waals surface area (Å²) < 4.78 is 18.3. The smallest absolute Gasteiger partial charge is 0.347 e. The zero-order valence-corrected chi connectivity index (χ0v) is 10.3. The summed E-state index contributed by atoms with van der Waals surface area (Å²) >= 11 is 1.06. The molecule has 0 unspecified atom stereocenters. The van der Waals surface area contributed by atoms with E-state index in [4.69, 9.17) is 9.84 Å². The van der Waals surface area contributed by atoms with Crippen LogP contribution in [0, 0.1) is 5.82 Å². The van der Waals surface area contributed by atoms with Crippen LogP contribution in [-0.4, -0.2) is 23.2 Å². The maximum atomic E-state index is 13.5. The van der Waals surface area contributed by atoms with E-state index in [0.29, 0.717) is 11.3 Å². The van der Waals surface area contributed by atoms with Gasteiger partial charge in [-0.15, -0.1) is 11.3 Å². The van der Waals surface area contributed by atoms with Crippen LogP contribution in [-0.2, 0) is 6.42 Å². The minimum Gasteiger partial charge on any atom is -0.494 e.